The van der Waals surface area contributed by atoms with Crippen LogP contribution in [-0.4, -0.2) is 29.5 Å². The highest BCUT2D eigenvalue weighted by Gasteiger charge is 2.47. The normalized spacial score (nSPS) is 17.2. The molecule has 0 aromatic heterocycles. The fraction of sp³-hybridized carbons (Fsp3) is 0.267. The maximum atomic E-state index is 13.4. The van der Waals surface area contributed by atoms with Gasteiger partial charge in [0.1, 0.15) is 17.3 Å². The maximum absolute atomic E-state index is 13.4. The monoisotopic (exact) mass is 485 g/mol. The molecule has 1 heterocycles. The number of amides is 1. The third kappa shape index (κ3) is 5.28. The highest BCUT2D eigenvalue weighted by Crippen LogP contribution is 2.43. The molecule has 36 heavy (non-hydrogen) atoms. The van der Waals surface area contributed by atoms with Crippen molar-refractivity contribution in [2.24, 2.45) is 5.92 Å². The fourth-order valence-electron chi connectivity index (χ4n) is 4.18. The largest absolute Gasteiger partial charge is 0.507 e. The van der Waals surface area contributed by atoms with Gasteiger partial charge in [-0.15, -0.1) is 0 Å². The minimum absolute atomic E-state index is 0.0200. The summed E-state index contributed by atoms with van der Waals surface area (Å²) < 4.78 is 11.7. The molecule has 0 bridgehead atoms. The minimum Gasteiger partial charge on any atom is -0.507 e. The molecule has 1 saturated heterocycles. The zero-order valence-corrected chi connectivity index (χ0v) is 21.0. The Morgan fingerprint density at radius 2 is 1.58 bits per heavy atom. The molecule has 1 amide bonds. The smallest absolute Gasteiger partial charge is 0.300 e. The van der Waals surface area contributed by atoms with Crippen LogP contribution in [0.2, 0.25) is 0 Å². The van der Waals surface area contributed by atoms with Crippen molar-refractivity contribution in [2.45, 2.75) is 39.8 Å². The number of aliphatic hydroxyl groups excluding tert-OH is 1. The molecule has 4 rings (SSSR count). The number of anilines is 1. The Morgan fingerprint density at radius 3 is 2.28 bits per heavy atom. The van der Waals surface area contributed by atoms with E-state index in [1.54, 1.807) is 48.5 Å². The van der Waals surface area contributed by atoms with Gasteiger partial charge in [-0.1, -0.05) is 56.3 Å². The number of Topliss-reactive ketones (excluding diaryl/α,β-unsaturated/α-hetero) is 1. The number of nitrogens with zero attached hydrogens (tertiary/aromatic N) is 1. The Balaban J connectivity index is 1.86. The van der Waals surface area contributed by atoms with Crippen LogP contribution in [-0.2, 0) is 9.59 Å². The van der Waals surface area contributed by atoms with Crippen molar-refractivity contribution >= 4 is 23.1 Å². The molecule has 0 spiro atoms. The SMILES string of the molecule is CC(C)COc1cccc(/C(O)=C2/C(=O)C(=O)N(c3ccccc3)C2c2cccc(OC(C)C)c2)c1. The van der Waals surface area contributed by atoms with E-state index in [0.717, 1.165) is 0 Å². The lowest BCUT2D eigenvalue weighted by Crippen LogP contribution is -2.29. The van der Waals surface area contributed by atoms with Crippen LogP contribution < -0.4 is 14.4 Å². The lowest BCUT2D eigenvalue weighted by atomic mass is 9.95. The first kappa shape index (κ1) is 25.0. The topological polar surface area (TPSA) is 76.1 Å². The molecule has 3 aromatic rings. The van der Waals surface area contributed by atoms with Crippen molar-refractivity contribution in [2.75, 3.05) is 11.5 Å². The van der Waals surface area contributed by atoms with Gasteiger partial charge in [0, 0.05) is 11.3 Å². The van der Waals surface area contributed by atoms with E-state index in [4.69, 9.17) is 9.47 Å². The highest BCUT2D eigenvalue weighted by atomic mass is 16.5. The van der Waals surface area contributed by atoms with Crippen molar-refractivity contribution in [3.8, 4) is 11.5 Å². The maximum Gasteiger partial charge on any atom is 0.300 e. The van der Waals surface area contributed by atoms with Crippen molar-refractivity contribution in [1.29, 1.82) is 0 Å². The first-order valence-corrected chi connectivity index (χ1v) is 12.1. The van der Waals surface area contributed by atoms with E-state index >= 15 is 0 Å². The summed E-state index contributed by atoms with van der Waals surface area (Å²) in [5.74, 6) is -0.167. The first-order valence-electron chi connectivity index (χ1n) is 12.1. The molecular formula is C30H31NO5. The number of benzene rings is 3. The van der Waals surface area contributed by atoms with Crippen LogP contribution in [0.4, 0.5) is 5.69 Å². The van der Waals surface area contributed by atoms with Gasteiger partial charge in [-0.05, 0) is 61.7 Å². The van der Waals surface area contributed by atoms with E-state index in [2.05, 4.69) is 0 Å². The number of hydrogen-bond acceptors (Lipinski definition) is 5. The van der Waals surface area contributed by atoms with Gasteiger partial charge in [-0.2, -0.15) is 0 Å². The van der Waals surface area contributed by atoms with Crippen LogP contribution in [0, 0.1) is 5.92 Å². The predicted octanol–water partition coefficient (Wildman–Crippen LogP) is 6.13. The summed E-state index contributed by atoms with van der Waals surface area (Å²) in [5.41, 5.74) is 1.64. The number of carbonyl (C=O) groups is 2. The second-order valence-electron chi connectivity index (χ2n) is 9.48. The van der Waals surface area contributed by atoms with Crippen LogP contribution in [0.3, 0.4) is 0 Å². The van der Waals surface area contributed by atoms with Crippen molar-refractivity contribution in [3.05, 3.63) is 95.6 Å². The fourth-order valence-corrected chi connectivity index (χ4v) is 4.18. The predicted molar refractivity (Wildman–Crippen MR) is 140 cm³/mol. The zero-order chi connectivity index (χ0) is 25.8. The summed E-state index contributed by atoms with van der Waals surface area (Å²) >= 11 is 0. The number of aliphatic hydroxyl groups is 1. The van der Waals surface area contributed by atoms with Gasteiger partial charge < -0.3 is 14.6 Å². The van der Waals surface area contributed by atoms with E-state index in [-0.39, 0.29) is 17.4 Å². The van der Waals surface area contributed by atoms with Gasteiger partial charge in [0.05, 0.1) is 24.3 Å². The van der Waals surface area contributed by atoms with Crippen molar-refractivity contribution in [1.82, 2.24) is 0 Å². The van der Waals surface area contributed by atoms with Crippen LogP contribution in [0.5, 0.6) is 11.5 Å². The summed E-state index contributed by atoms with van der Waals surface area (Å²) in [5, 5.41) is 11.4. The number of ether oxygens (including phenoxy) is 2. The lowest BCUT2D eigenvalue weighted by Gasteiger charge is -2.26. The number of carbonyl (C=O) groups excluding carboxylic acids is 2. The number of para-hydroxylation sites is 1. The Morgan fingerprint density at radius 1 is 0.889 bits per heavy atom. The Hall–Kier alpha value is -4.06. The number of ketones is 1. The molecule has 0 radical (unpaired) electrons. The summed E-state index contributed by atoms with van der Waals surface area (Å²) in [7, 11) is 0. The molecule has 3 aromatic carbocycles. The molecule has 1 atom stereocenters. The molecule has 6 nitrogen and oxygen atoms in total. The van der Waals surface area contributed by atoms with Gasteiger partial charge in [0.2, 0.25) is 0 Å². The molecule has 1 aliphatic heterocycles. The zero-order valence-electron chi connectivity index (χ0n) is 21.0. The third-order valence-electron chi connectivity index (χ3n) is 5.72. The van der Waals surface area contributed by atoms with E-state index in [0.29, 0.717) is 40.8 Å². The van der Waals surface area contributed by atoms with Gasteiger partial charge >= 0.3 is 0 Å². The summed E-state index contributed by atoms with van der Waals surface area (Å²) in [6.07, 6.45) is -0.0469. The van der Waals surface area contributed by atoms with Crippen LogP contribution in [0.15, 0.2) is 84.4 Å². The minimum atomic E-state index is -0.830. The van der Waals surface area contributed by atoms with E-state index in [9.17, 15) is 14.7 Å². The van der Waals surface area contributed by atoms with E-state index in [1.807, 2.05) is 58.0 Å². The van der Waals surface area contributed by atoms with Gasteiger partial charge in [0.25, 0.3) is 11.7 Å². The number of rotatable bonds is 8. The lowest BCUT2D eigenvalue weighted by molar-refractivity contribution is -0.132. The second-order valence-corrected chi connectivity index (χ2v) is 9.48. The molecule has 0 aliphatic carbocycles. The van der Waals surface area contributed by atoms with E-state index < -0.39 is 17.7 Å². The van der Waals surface area contributed by atoms with Gasteiger partial charge in [-0.3, -0.25) is 14.5 Å². The first-order chi connectivity index (χ1) is 17.3. The standard InChI is InChI=1S/C30H31NO5/c1-19(2)18-35-24-14-9-11-22(17-24)28(32)26-27(21-10-8-15-25(16-21)36-20(3)4)31(30(34)29(26)33)23-12-6-5-7-13-23/h5-17,19-20,27,32H,18H2,1-4H3/b28-26-. The van der Waals surface area contributed by atoms with Crippen LogP contribution in [0.25, 0.3) is 5.76 Å². The molecule has 6 heteroatoms. The van der Waals surface area contributed by atoms with Crippen molar-refractivity contribution < 1.29 is 24.2 Å². The molecular weight excluding hydrogens is 454 g/mol. The second kappa shape index (κ2) is 10.7. The molecule has 1 unspecified atom stereocenters. The summed E-state index contributed by atoms with van der Waals surface area (Å²) in [4.78, 5) is 28.1. The molecule has 0 saturated carbocycles. The van der Waals surface area contributed by atoms with Gasteiger partial charge in [-0.25, -0.2) is 0 Å². The summed E-state index contributed by atoms with van der Waals surface area (Å²) in [6, 6.07) is 22.4. The quantitative estimate of drug-likeness (QED) is 0.236. The average molecular weight is 486 g/mol. The van der Waals surface area contributed by atoms with Crippen molar-refractivity contribution in [3.63, 3.8) is 0 Å². The highest BCUT2D eigenvalue weighted by molar-refractivity contribution is 6.51. The third-order valence-corrected chi connectivity index (χ3v) is 5.72. The van der Waals surface area contributed by atoms with Crippen LogP contribution in [0.1, 0.15) is 44.9 Å². The summed E-state index contributed by atoms with van der Waals surface area (Å²) in [6.45, 7) is 8.47. The van der Waals surface area contributed by atoms with Crippen LogP contribution >= 0.6 is 0 Å². The molecule has 1 aliphatic rings. The Labute approximate surface area is 211 Å². The van der Waals surface area contributed by atoms with E-state index in [1.165, 1.54) is 4.90 Å². The molecule has 186 valence electrons. The molecule has 1 N–H and O–H groups in total. The Bertz CT molecular complexity index is 1280. The molecule has 1 fully saturated rings. The van der Waals surface area contributed by atoms with Gasteiger partial charge in [0.15, 0.2) is 0 Å². The Kier molecular flexibility index (Phi) is 7.44. The average Bonchev–Trinajstić information content (AvgIpc) is 3.13. The number of hydrogen-bond donors (Lipinski definition) is 1.